The van der Waals surface area contributed by atoms with Crippen molar-refractivity contribution in [3.63, 3.8) is 0 Å². The topological polar surface area (TPSA) is 39.9 Å². The van der Waals surface area contributed by atoms with Gasteiger partial charge in [-0.1, -0.05) is 29.3 Å². The summed E-state index contributed by atoms with van der Waals surface area (Å²) in [4.78, 5) is 3.98. The van der Waals surface area contributed by atoms with Gasteiger partial charge in [0.15, 0.2) is 6.61 Å². The van der Waals surface area contributed by atoms with Crippen molar-refractivity contribution in [1.82, 2.24) is 14.8 Å². The van der Waals surface area contributed by atoms with Gasteiger partial charge in [0.2, 0.25) is 0 Å². The summed E-state index contributed by atoms with van der Waals surface area (Å²) in [7, 11) is 0. The van der Waals surface area contributed by atoms with Crippen molar-refractivity contribution in [1.29, 1.82) is 0 Å². The fraction of sp³-hybridized carbons (Fsp3) is 0.200. The van der Waals surface area contributed by atoms with Gasteiger partial charge >= 0.3 is 6.18 Å². The van der Waals surface area contributed by atoms with E-state index in [0.717, 1.165) is 10.9 Å². The summed E-state index contributed by atoms with van der Waals surface area (Å²) in [5, 5.41) is 5.54. The summed E-state index contributed by atoms with van der Waals surface area (Å²) in [6.07, 6.45) is -1.11. The lowest BCUT2D eigenvalue weighted by Gasteiger charge is -2.11. The minimum absolute atomic E-state index is 0.0180. The maximum Gasteiger partial charge on any atom is 0.422 e. The summed E-state index contributed by atoms with van der Waals surface area (Å²) in [6, 6.07) is 6.31. The summed E-state index contributed by atoms with van der Waals surface area (Å²) in [5.41, 5.74) is 1.46. The zero-order chi connectivity index (χ0) is 17.3. The van der Waals surface area contributed by atoms with Crippen LogP contribution in [0.1, 0.15) is 5.56 Å². The second-order valence-electron chi connectivity index (χ2n) is 5.03. The highest BCUT2D eigenvalue weighted by molar-refractivity contribution is 6.34. The molecule has 0 bridgehead atoms. The second kappa shape index (κ2) is 6.49. The molecule has 3 aromatic rings. The average Bonchev–Trinajstić information content (AvgIpc) is 2.89. The van der Waals surface area contributed by atoms with Crippen LogP contribution < -0.4 is 4.74 Å². The molecule has 0 atom stereocenters. The molecule has 0 aliphatic carbocycles. The molecule has 0 aliphatic rings. The largest absolute Gasteiger partial charge is 0.483 e. The number of aromatic nitrogens is 3. The van der Waals surface area contributed by atoms with Crippen LogP contribution >= 0.6 is 23.2 Å². The van der Waals surface area contributed by atoms with Crippen molar-refractivity contribution in [2.75, 3.05) is 6.61 Å². The SMILES string of the molecule is FC(F)(F)COc1ccc(Cn2cc3c(Cl)nccc3n2)cc1Cl. The fourth-order valence-corrected chi connectivity index (χ4v) is 2.61. The highest BCUT2D eigenvalue weighted by atomic mass is 35.5. The molecule has 24 heavy (non-hydrogen) atoms. The van der Waals surface area contributed by atoms with Gasteiger partial charge in [-0.2, -0.15) is 18.3 Å². The molecule has 126 valence electrons. The number of hydrogen-bond acceptors (Lipinski definition) is 3. The predicted molar refractivity (Wildman–Crippen MR) is 84.6 cm³/mol. The van der Waals surface area contributed by atoms with E-state index in [9.17, 15) is 13.2 Å². The second-order valence-corrected chi connectivity index (χ2v) is 5.80. The normalized spacial score (nSPS) is 11.9. The third-order valence-corrected chi connectivity index (χ3v) is 3.76. The van der Waals surface area contributed by atoms with Crippen molar-refractivity contribution >= 4 is 34.1 Å². The third kappa shape index (κ3) is 3.91. The lowest BCUT2D eigenvalue weighted by Crippen LogP contribution is -2.19. The molecule has 0 N–H and O–H groups in total. The summed E-state index contributed by atoms with van der Waals surface area (Å²) < 4.78 is 42.9. The first-order valence-corrected chi connectivity index (χ1v) is 7.53. The quantitative estimate of drug-likeness (QED) is 0.619. The van der Waals surface area contributed by atoms with E-state index in [1.165, 1.54) is 6.07 Å². The molecule has 0 unspecified atom stereocenters. The number of benzene rings is 1. The molecule has 0 fully saturated rings. The van der Waals surface area contributed by atoms with Gasteiger partial charge < -0.3 is 4.74 Å². The van der Waals surface area contributed by atoms with Crippen molar-refractivity contribution in [3.05, 3.63) is 52.4 Å². The number of alkyl halides is 3. The molecule has 0 radical (unpaired) electrons. The molecule has 0 aliphatic heterocycles. The minimum Gasteiger partial charge on any atom is -0.483 e. The molecule has 2 aromatic heterocycles. The first-order valence-electron chi connectivity index (χ1n) is 6.77. The number of ether oxygens (including phenoxy) is 1. The van der Waals surface area contributed by atoms with Crippen molar-refractivity contribution in [3.8, 4) is 5.75 Å². The molecular formula is C15H10Cl2F3N3O. The van der Waals surface area contributed by atoms with Gasteiger partial charge in [-0.15, -0.1) is 0 Å². The monoisotopic (exact) mass is 375 g/mol. The van der Waals surface area contributed by atoms with Crippen LogP contribution in [0.4, 0.5) is 13.2 Å². The Hall–Kier alpha value is -1.99. The van der Waals surface area contributed by atoms with Gasteiger partial charge in [0, 0.05) is 12.4 Å². The maximum atomic E-state index is 12.2. The van der Waals surface area contributed by atoms with Crippen LogP contribution in [-0.4, -0.2) is 27.5 Å². The number of hydrogen-bond donors (Lipinski definition) is 0. The molecule has 0 amide bonds. The van der Waals surface area contributed by atoms with Gasteiger partial charge in [0.25, 0.3) is 0 Å². The number of nitrogens with zero attached hydrogens (tertiary/aromatic N) is 3. The summed E-state index contributed by atoms with van der Waals surface area (Å²) in [6.45, 7) is -1.01. The molecule has 0 saturated carbocycles. The average molecular weight is 376 g/mol. The van der Waals surface area contributed by atoms with Crippen LogP contribution in [0.25, 0.3) is 10.9 Å². The molecule has 4 nitrogen and oxygen atoms in total. The smallest absolute Gasteiger partial charge is 0.422 e. The molecule has 0 saturated heterocycles. The van der Waals surface area contributed by atoms with Crippen molar-refractivity contribution in [2.24, 2.45) is 0 Å². The Morgan fingerprint density at radius 3 is 2.62 bits per heavy atom. The minimum atomic E-state index is -4.41. The Morgan fingerprint density at radius 1 is 1.17 bits per heavy atom. The van der Waals surface area contributed by atoms with Crippen LogP contribution in [0.2, 0.25) is 10.2 Å². The lowest BCUT2D eigenvalue weighted by atomic mass is 10.2. The van der Waals surface area contributed by atoms with Crippen LogP contribution in [0.5, 0.6) is 5.75 Å². The molecule has 3 rings (SSSR count). The van der Waals surface area contributed by atoms with Crippen LogP contribution in [0.15, 0.2) is 36.7 Å². The first kappa shape index (κ1) is 16.9. The Kier molecular flexibility index (Phi) is 4.56. The van der Waals surface area contributed by atoms with Gasteiger partial charge in [-0.25, -0.2) is 4.98 Å². The Balaban J connectivity index is 1.77. The van der Waals surface area contributed by atoms with Crippen LogP contribution in [0.3, 0.4) is 0 Å². The van der Waals surface area contributed by atoms with E-state index in [1.807, 2.05) is 0 Å². The Morgan fingerprint density at radius 2 is 1.96 bits per heavy atom. The van der Waals surface area contributed by atoms with E-state index in [1.54, 1.807) is 35.3 Å². The molecule has 0 spiro atoms. The maximum absolute atomic E-state index is 12.2. The molecule has 1 aromatic carbocycles. The summed E-state index contributed by atoms with van der Waals surface area (Å²) in [5.74, 6) is -0.0180. The van der Waals surface area contributed by atoms with Gasteiger partial charge in [0.1, 0.15) is 10.9 Å². The molecule has 9 heteroatoms. The highest BCUT2D eigenvalue weighted by Gasteiger charge is 2.28. The number of pyridine rings is 1. The van der Waals surface area contributed by atoms with E-state index in [0.29, 0.717) is 17.2 Å². The summed E-state index contributed by atoms with van der Waals surface area (Å²) >= 11 is 12.0. The van der Waals surface area contributed by atoms with E-state index >= 15 is 0 Å². The van der Waals surface area contributed by atoms with E-state index in [4.69, 9.17) is 23.2 Å². The number of halogens is 5. The molecule has 2 heterocycles. The third-order valence-electron chi connectivity index (χ3n) is 3.16. The number of rotatable bonds is 4. The van der Waals surface area contributed by atoms with Gasteiger partial charge in [-0.05, 0) is 23.8 Å². The van der Waals surface area contributed by atoms with E-state index < -0.39 is 12.8 Å². The number of fused-ring (bicyclic) bond motifs is 1. The van der Waals surface area contributed by atoms with Gasteiger partial charge in [0.05, 0.1) is 22.5 Å². The van der Waals surface area contributed by atoms with Gasteiger partial charge in [-0.3, -0.25) is 4.68 Å². The predicted octanol–water partition coefficient (Wildman–Crippen LogP) is 4.73. The first-order chi connectivity index (χ1) is 11.3. The fourth-order valence-electron chi connectivity index (χ4n) is 2.15. The standard InChI is InChI=1S/C15H10Cl2F3N3O/c16-11-5-9(1-2-13(11)24-8-15(18,19)20)6-23-7-10-12(22-23)3-4-21-14(10)17/h1-5,7H,6,8H2. The van der Waals surface area contributed by atoms with Crippen LogP contribution in [-0.2, 0) is 6.54 Å². The van der Waals surface area contributed by atoms with E-state index in [2.05, 4.69) is 14.8 Å². The molecular weight excluding hydrogens is 366 g/mol. The lowest BCUT2D eigenvalue weighted by molar-refractivity contribution is -0.153. The van der Waals surface area contributed by atoms with Crippen molar-refractivity contribution in [2.45, 2.75) is 12.7 Å². The van der Waals surface area contributed by atoms with Crippen molar-refractivity contribution < 1.29 is 17.9 Å². The zero-order valence-electron chi connectivity index (χ0n) is 12.0. The Labute approximate surface area is 144 Å². The zero-order valence-corrected chi connectivity index (χ0v) is 13.5. The highest BCUT2D eigenvalue weighted by Crippen LogP contribution is 2.28. The van der Waals surface area contributed by atoms with E-state index in [-0.39, 0.29) is 10.8 Å². The Bertz CT molecular complexity index is 880. The van der Waals surface area contributed by atoms with Crippen LogP contribution in [0, 0.1) is 0 Å².